The summed E-state index contributed by atoms with van der Waals surface area (Å²) in [6.45, 7) is 6.34. The molecule has 6 heteroatoms. The maximum atomic E-state index is 11.9. The zero-order valence-corrected chi connectivity index (χ0v) is 29.3. The predicted octanol–water partition coefficient (Wildman–Crippen LogP) is 9.83. The topological polar surface area (TPSA) is 93.1 Å². The van der Waals surface area contributed by atoms with Crippen LogP contribution in [-0.4, -0.2) is 47.6 Å². The highest BCUT2D eigenvalue weighted by Crippen LogP contribution is 2.13. The van der Waals surface area contributed by atoms with E-state index in [9.17, 15) is 19.8 Å². The van der Waals surface area contributed by atoms with Crippen molar-refractivity contribution >= 4 is 11.9 Å². The van der Waals surface area contributed by atoms with Crippen LogP contribution in [0.25, 0.3) is 0 Å². The van der Waals surface area contributed by atoms with Gasteiger partial charge in [-0.15, -0.1) is 0 Å². The molecule has 0 bridgehead atoms. The molecule has 0 aromatic carbocycles. The van der Waals surface area contributed by atoms with Gasteiger partial charge in [0.15, 0.2) is 0 Å². The van der Waals surface area contributed by atoms with Gasteiger partial charge in [-0.05, 0) is 50.9 Å². The van der Waals surface area contributed by atoms with Gasteiger partial charge in [0.05, 0.1) is 6.10 Å². The largest absolute Gasteiger partial charge is 0.463 e. The molecule has 0 amide bonds. The summed E-state index contributed by atoms with van der Waals surface area (Å²) in [5.74, 6) is 0.111. The zero-order valence-electron chi connectivity index (χ0n) is 29.3. The minimum Gasteiger partial charge on any atom is -0.463 e. The van der Waals surface area contributed by atoms with Crippen LogP contribution in [0.2, 0.25) is 0 Å². The van der Waals surface area contributed by atoms with E-state index in [1.165, 1.54) is 44.9 Å². The van der Waals surface area contributed by atoms with Gasteiger partial charge >= 0.3 is 11.9 Å². The van der Waals surface area contributed by atoms with Gasteiger partial charge in [0, 0.05) is 12.8 Å². The fraction of sp³-hybridized carbons (Fsp3) is 0.650. The predicted molar refractivity (Wildman–Crippen MR) is 192 cm³/mol. The number of esters is 2. The Hall–Kier alpha value is -2.70. The Balaban J connectivity index is 3.70. The summed E-state index contributed by atoms with van der Waals surface area (Å²) in [5, 5.41) is 19.9. The summed E-state index contributed by atoms with van der Waals surface area (Å²) in [7, 11) is 0. The Kier molecular flexibility index (Phi) is 31.7. The first kappa shape index (κ1) is 43.3. The van der Waals surface area contributed by atoms with Crippen LogP contribution in [0.5, 0.6) is 0 Å². The minimum absolute atomic E-state index is 0.155. The van der Waals surface area contributed by atoms with Gasteiger partial charge in [-0.25, -0.2) is 0 Å². The van der Waals surface area contributed by atoms with E-state index in [-0.39, 0.29) is 31.6 Å². The van der Waals surface area contributed by atoms with Crippen molar-refractivity contribution in [2.75, 3.05) is 13.2 Å². The number of unbranched alkanes of at least 4 members (excludes halogenated alkanes) is 8. The Labute approximate surface area is 281 Å². The summed E-state index contributed by atoms with van der Waals surface area (Å²) in [4.78, 5) is 23.8. The van der Waals surface area contributed by atoms with E-state index < -0.39 is 12.2 Å². The molecule has 0 saturated carbocycles. The van der Waals surface area contributed by atoms with Gasteiger partial charge < -0.3 is 19.7 Å². The molecular formula is C40H66O6. The number of hydrogen-bond acceptors (Lipinski definition) is 6. The Morgan fingerprint density at radius 2 is 1.13 bits per heavy atom. The SMILES string of the molecule is CC/C=C\C/C=C\CC(O)/C=C/C=C\C/C=C\C/C=C\CCC(=O)OC[C@@H](O)COC(=O)CCCCCCCCCCCC(C)C. The first-order valence-corrected chi connectivity index (χ1v) is 18.0. The summed E-state index contributed by atoms with van der Waals surface area (Å²) >= 11 is 0. The third-order valence-electron chi connectivity index (χ3n) is 7.23. The van der Waals surface area contributed by atoms with Crippen LogP contribution in [-0.2, 0) is 19.1 Å². The molecule has 0 spiro atoms. The van der Waals surface area contributed by atoms with Crippen molar-refractivity contribution in [3.63, 3.8) is 0 Å². The number of aliphatic hydroxyl groups is 2. The number of rotatable bonds is 30. The molecule has 0 radical (unpaired) electrons. The van der Waals surface area contributed by atoms with Gasteiger partial charge in [-0.2, -0.15) is 0 Å². The van der Waals surface area contributed by atoms with Crippen LogP contribution in [0.15, 0.2) is 72.9 Å². The second kappa shape index (κ2) is 33.7. The van der Waals surface area contributed by atoms with Crippen molar-refractivity contribution in [2.45, 2.75) is 149 Å². The summed E-state index contributed by atoms with van der Waals surface area (Å²) < 4.78 is 10.2. The summed E-state index contributed by atoms with van der Waals surface area (Å²) in [6, 6.07) is 0. The fourth-order valence-electron chi connectivity index (χ4n) is 4.50. The van der Waals surface area contributed by atoms with E-state index in [2.05, 4.69) is 51.2 Å². The molecule has 0 saturated heterocycles. The first-order chi connectivity index (χ1) is 22.3. The second-order valence-electron chi connectivity index (χ2n) is 12.3. The average Bonchev–Trinajstić information content (AvgIpc) is 3.03. The number of hydrogen-bond donors (Lipinski definition) is 2. The average molecular weight is 643 g/mol. The van der Waals surface area contributed by atoms with Crippen molar-refractivity contribution in [3.05, 3.63) is 72.9 Å². The smallest absolute Gasteiger partial charge is 0.306 e. The van der Waals surface area contributed by atoms with Crippen molar-refractivity contribution in [2.24, 2.45) is 5.92 Å². The highest BCUT2D eigenvalue weighted by Gasteiger charge is 2.11. The summed E-state index contributed by atoms with van der Waals surface area (Å²) in [6.07, 6.45) is 40.0. The molecule has 262 valence electrons. The Morgan fingerprint density at radius 3 is 1.76 bits per heavy atom. The van der Waals surface area contributed by atoms with Crippen LogP contribution in [0.1, 0.15) is 136 Å². The fourth-order valence-corrected chi connectivity index (χ4v) is 4.50. The molecule has 1 unspecified atom stereocenters. The van der Waals surface area contributed by atoms with E-state index in [4.69, 9.17) is 9.47 Å². The van der Waals surface area contributed by atoms with Crippen LogP contribution >= 0.6 is 0 Å². The third kappa shape index (κ3) is 34.2. The number of carbonyl (C=O) groups is 2. The molecule has 0 aliphatic carbocycles. The molecule has 2 N–H and O–H groups in total. The van der Waals surface area contributed by atoms with Crippen molar-refractivity contribution in [1.82, 2.24) is 0 Å². The lowest BCUT2D eigenvalue weighted by atomic mass is 10.0. The maximum Gasteiger partial charge on any atom is 0.306 e. The number of carbonyl (C=O) groups excluding carboxylic acids is 2. The minimum atomic E-state index is -1.01. The van der Waals surface area contributed by atoms with Gasteiger partial charge in [0.2, 0.25) is 0 Å². The van der Waals surface area contributed by atoms with E-state index in [0.29, 0.717) is 19.3 Å². The van der Waals surface area contributed by atoms with Crippen LogP contribution in [0.3, 0.4) is 0 Å². The van der Waals surface area contributed by atoms with Crippen LogP contribution in [0, 0.1) is 5.92 Å². The molecule has 0 aliphatic heterocycles. The van der Waals surface area contributed by atoms with Gasteiger partial charge in [0.1, 0.15) is 19.3 Å². The number of aliphatic hydroxyl groups excluding tert-OH is 2. The lowest BCUT2D eigenvalue weighted by Crippen LogP contribution is -2.25. The lowest BCUT2D eigenvalue weighted by Gasteiger charge is -2.12. The third-order valence-corrected chi connectivity index (χ3v) is 7.23. The monoisotopic (exact) mass is 642 g/mol. The molecule has 0 aliphatic rings. The Morgan fingerprint density at radius 1 is 0.609 bits per heavy atom. The van der Waals surface area contributed by atoms with Crippen molar-refractivity contribution in [3.8, 4) is 0 Å². The van der Waals surface area contributed by atoms with Gasteiger partial charge in [-0.3, -0.25) is 9.59 Å². The molecule has 46 heavy (non-hydrogen) atoms. The van der Waals surface area contributed by atoms with Crippen molar-refractivity contribution < 1.29 is 29.3 Å². The molecule has 2 atom stereocenters. The van der Waals surface area contributed by atoms with Gasteiger partial charge in [-0.1, -0.05) is 151 Å². The first-order valence-electron chi connectivity index (χ1n) is 18.0. The molecule has 0 heterocycles. The second-order valence-corrected chi connectivity index (χ2v) is 12.3. The van der Waals surface area contributed by atoms with E-state index >= 15 is 0 Å². The normalized spacial score (nSPS) is 13.9. The molecule has 0 aromatic heterocycles. The van der Waals surface area contributed by atoms with Crippen LogP contribution in [0.4, 0.5) is 0 Å². The highest BCUT2D eigenvalue weighted by molar-refractivity contribution is 5.70. The quantitative estimate of drug-likeness (QED) is 0.0351. The molecule has 0 aromatic rings. The van der Waals surface area contributed by atoms with Gasteiger partial charge in [0.25, 0.3) is 0 Å². The summed E-state index contributed by atoms with van der Waals surface area (Å²) in [5.41, 5.74) is 0. The van der Waals surface area contributed by atoms with E-state index in [1.54, 1.807) is 6.08 Å². The van der Waals surface area contributed by atoms with E-state index in [1.807, 2.05) is 36.5 Å². The number of allylic oxidation sites excluding steroid dienone is 10. The molecule has 0 rings (SSSR count). The lowest BCUT2D eigenvalue weighted by molar-refractivity contribution is -0.152. The standard InChI is InChI=1S/C40H66O6/c1-4-5-6-7-20-25-30-37(41)31-26-21-16-12-8-9-13-17-22-27-32-39(43)45-34-38(42)35-46-40(44)33-28-23-18-14-10-11-15-19-24-29-36(2)3/h5-6,8-9,16-17,20-22,25-26,31,36-38,41-42H,4,7,10-15,18-19,23-24,27-30,32-35H2,1-3H3/b6-5-,9-8-,21-16-,22-17-,25-20-,31-26+/t37?,38-/m1/s1. The van der Waals surface area contributed by atoms with Crippen molar-refractivity contribution in [1.29, 1.82) is 0 Å². The highest BCUT2D eigenvalue weighted by atomic mass is 16.6. The maximum absolute atomic E-state index is 11.9. The molecule has 6 nitrogen and oxygen atoms in total. The Bertz CT molecular complexity index is 895. The molecule has 0 fully saturated rings. The number of ether oxygens (including phenoxy) is 2. The zero-order chi connectivity index (χ0) is 33.9. The molecular weight excluding hydrogens is 576 g/mol. The van der Waals surface area contributed by atoms with E-state index in [0.717, 1.165) is 50.9 Å². The van der Waals surface area contributed by atoms with Crippen LogP contribution < -0.4 is 0 Å².